The molecular weight excluding hydrogens is 321 g/mol. The number of aliphatic hydroxyl groups is 1. The van der Waals surface area contributed by atoms with E-state index in [2.05, 4.69) is 4.98 Å². The van der Waals surface area contributed by atoms with Crippen LogP contribution in [0.1, 0.15) is 18.2 Å². The number of benzene rings is 2. The zero-order chi connectivity index (χ0) is 18.0. The minimum absolute atomic E-state index is 0.00419. The van der Waals surface area contributed by atoms with Crippen LogP contribution in [0.25, 0.3) is 11.3 Å². The Morgan fingerprint density at radius 3 is 2.60 bits per heavy atom. The van der Waals surface area contributed by atoms with E-state index in [1.165, 1.54) is 12.1 Å². The van der Waals surface area contributed by atoms with Crippen molar-refractivity contribution in [1.82, 2.24) is 9.55 Å². The molecule has 1 heterocycles. The minimum atomic E-state index is -0.754. The zero-order valence-electron chi connectivity index (χ0n) is 13.9. The van der Waals surface area contributed by atoms with Crippen molar-refractivity contribution in [3.63, 3.8) is 0 Å². The molecular formula is C19H20FN3O2. The lowest BCUT2D eigenvalue weighted by molar-refractivity contribution is 0.193. The molecule has 4 N–H and O–H groups in total. The molecule has 0 aliphatic rings. The monoisotopic (exact) mass is 341 g/mol. The molecule has 3 aromatic rings. The van der Waals surface area contributed by atoms with Crippen LogP contribution < -0.4 is 5.73 Å². The van der Waals surface area contributed by atoms with Crippen molar-refractivity contribution >= 4 is 5.69 Å². The van der Waals surface area contributed by atoms with Crippen LogP contribution in [0.5, 0.6) is 5.75 Å². The van der Waals surface area contributed by atoms with E-state index >= 15 is 0 Å². The maximum absolute atomic E-state index is 13.7. The van der Waals surface area contributed by atoms with E-state index < -0.39 is 17.7 Å². The number of nitrogen functional groups attached to an aromatic ring is 1. The van der Waals surface area contributed by atoms with Gasteiger partial charge in [0.25, 0.3) is 0 Å². The van der Waals surface area contributed by atoms with Crippen molar-refractivity contribution in [2.75, 3.05) is 5.73 Å². The summed E-state index contributed by atoms with van der Waals surface area (Å²) < 4.78 is 15.6. The lowest BCUT2D eigenvalue weighted by Gasteiger charge is -2.13. The second-order valence-corrected chi connectivity index (χ2v) is 6.10. The average Bonchev–Trinajstić information content (AvgIpc) is 2.95. The number of imidazole rings is 1. The summed E-state index contributed by atoms with van der Waals surface area (Å²) in [4.78, 5) is 4.48. The highest BCUT2D eigenvalue weighted by molar-refractivity contribution is 5.62. The zero-order valence-corrected chi connectivity index (χ0v) is 13.9. The Morgan fingerprint density at radius 1 is 1.24 bits per heavy atom. The van der Waals surface area contributed by atoms with E-state index in [0.717, 1.165) is 17.0 Å². The number of rotatable bonds is 5. The number of hydrogen-bond acceptors (Lipinski definition) is 4. The van der Waals surface area contributed by atoms with Crippen molar-refractivity contribution < 1.29 is 14.6 Å². The average molecular weight is 341 g/mol. The van der Waals surface area contributed by atoms with Gasteiger partial charge in [-0.15, -0.1) is 0 Å². The summed E-state index contributed by atoms with van der Waals surface area (Å²) in [5.74, 6) is -1.29. The van der Waals surface area contributed by atoms with Crippen LogP contribution in [0, 0.1) is 5.82 Å². The first-order valence-electron chi connectivity index (χ1n) is 8.00. The Bertz CT molecular complexity index is 853. The largest absolute Gasteiger partial charge is 0.503 e. The molecule has 0 amide bonds. The Labute approximate surface area is 145 Å². The molecule has 0 saturated carbocycles. The van der Waals surface area contributed by atoms with Crippen LogP contribution in [-0.4, -0.2) is 25.9 Å². The number of nitrogens with two attached hydrogens (primary N) is 1. The predicted molar refractivity (Wildman–Crippen MR) is 94.6 cm³/mol. The number of nitrogens with zero attached hydrogens (tertiary/aromatic N) is 2. The van der Waals surface area contributed by atoms with Gasteiger partial charge in [0.1, 0.15) is 0 Å². The predicted octanol–water partition coefficient (Wildman–Crippen LogP) is 2.95. The quantitative estimate of drug-likeness (QED) is 0.492. The van der Waals surface area contributed by atoms with Gasteiger partial charge in [-0.25, -0.2) is 9.37 Å². The number of aliphatic hydroxyl groups excluding tert-OH is 1. The normalized spacial score (nSPS) is 12.3. The van der Waals surface area contributed by atoms with Crippen molar-refractivity contribution in [3.05, 3.63) is 65.9 Å². The lowest BCUT2D eigenvalue weighted by atomic mass is 10.1. The Kier molecular flexibility index (Phi) is 4.72. The van der Waals surface area contributed by atoms with Crippen LogP contribution in [0.15, 0.2) is 48.8 Å². The van der Waals surface area contributed by atoms with E-state index in [9.17, 15) is 14.6 Å². The first kappa shape index (κ1) is 17.0. The Balaban J connectivity index is 2.00. The van der Waals surface area contributed by atoms with Gasteiger partial charge in [0.15, 0.2) is 11.6 Å². The molecule has 0 radical (unpaired) electrons. The molecule has 5 nitrogen and oxygen atoms in total. The molecule has 25 heavy (non-hydrogen) atoms. The first-order valence-corrected chi connectivity index (χ1v) is 8.00. The third-order valence-corrected chi connectivity index (χ3v) is 3.99. The number of phenolic OH excluding ortho intramolecular Hbond substituents is 1. The van der Waals surface area contributed by atoms with Crippen molar-refractivity contribution in [1.29, 1.82) is 0 Å². The first-order chi connectivity index (χ1) is 12.0. The fourth-order valence-electron chi connectivity index (χ4n) is 2.84. The van der Waals surface area contributed by atoms with Gasteiger partial charge in [0.2, 0.25) is 0 Å². The minimum Gasteiger partial charge on any atom is -0.503 e. The molecule has 0 bridgehead atoms. The molecule has 3 rings (SSSR count). The Hall–Kier alpha value is -2.86. The van der Waals surface area contributed by atoms with Crippen molar-refractivity contribution in [2.45, 2.75) is 26.0 Å². The van der Waals surface area contributed by atoms with Crippen LogP contribution >= 0.6 is 0 Å². The highest BCUT2D eigenvalue weighted by Gasteiger charge is 2.16. The van der Waals surface area contributed by atoms with E-state index in [1.54, 1.807) is 13.3 Å². The molecule has 130 valence electrons. The van der Waals surface area contributed by atoms with Crippen LogP contribution in [0.4, 0.5) is 10.1 Å². The number of phenols is 1. The maximum atomic E-state index is 13.7. The highest BCUT2D eigenvalue weighted by atomic mass is 19.1. The van der Waals surface area contributed by atoms with E-state index in [0.29, 0.717) is 18.5 Å². The van der Waals surface area contributed by atoms with Crippen LogP contribution in [0.2, 0.25) is 0 Å². The summed E-state index contributed by atoms with van der Waals surface area (Å²) >= 11 is 0. The summed E-state index contributed by atoms with van der Waals surface area (Å²) in [5.41, 5.74) is 8.83. The van der Waals surface area contributed by atoms with Crippen LogP contribution in [-0.2, 0) is 13.0 Å². The number of hydrogen-bond donors (Lipinski definition) is 3. The summed E-state index contributed by atoms with van der Waals surface area (Å²) in [6.07, 6.45) is 1.54. The third-order valence-electron chi connectivity index (χ3n) is 3.99. The maximum Gasteiger partial charge on any atom is 0.174 e. The molecule has 1 unspecified atom stereocenters. The molecule has 0 aliphatic carbocycles. The highest BCUT2D eigenvalue weighted by Crippen LogP contribution is 2.27. The fraction of sp³-hybridized carbons (Fsp3) is 0.211. The summed E-state index contributed by atoms with van der Waals surface area (Å²) in [7, 11) is 0. The number of anilines is 1. The van der Waals surface area contributed by atoms with E-state index in [1.807, 2.05) is 34.9 Å². The molecule has 0 spiro atoms. The lowest BCUT2D eigenvalue weighted by Crippen LogP contribution is -2.12. The Morgan fingerprint density at radius 2 is 1.96 bits per heavy atom. The molecule has 1 atom stereocenters. The molecule has 0 saturated heterocycles. The summed E-state index contributed by atoms with van der Waals surface area (Å²) in [5, 5.41) is 19.3. The smallest absolute Gasteiger partial charge is 0.174 e. The number of aromatic nitrogens is 2. The van der Waals surface area contributed by atoms with Gasteiger partial charge in [0.05, 0.1) is 23.8 Å². The molecule has 6 heteroatoms. The second kappa shape index (κ2) is 6.94. The number of aromatic hydroxyl groups is 1. The second-order valence-electron chi connectivity index (χ2n) is 6.10. The van der Waals surface area contributed by atoms with E-state index in [-0.39, 0.29) is 5.69 Å². The van der Waals surface area contributed by atoms with Gasteiger partial charge < -0.3 is 20.5 Å². The molecule has 0 fully saturated rings. The fourth-order valence-corrected chi connectivity index (χ4v) is 2.84. The van der Waals surface area contributed by atoms with Gasteiger partial charge in [0, 0.05) is 24.2 Å². The standard InChI is InChI=1S/C19H20FN3O2/c1-12(24)7-17-18(14-5-3-2-4-6-14)22-11-23(17)10-13-8-15(20)19(25)16(21)9-13/h2-6,8-9,11-12,24-25H,7,10,21H2,1H3. The SMILES string of the molecule is CC(O)Cc1c(-c2ccccc2)ncn1Cc1cc(N)c(O)c(F)c1. The van der Waals surface area contributed by atoms with Gasteiger partial charge >= 0.3 is 0 Å². The van der Waals surface area contributed by atoms with Gasteiger partial charge in [-0.1, -0.05) is 30.3 Å². The molecule has 1 aromatic heterocycles. The summed E-state index contributed by atoms with van der Waals surface area (Å²) in [6, 6.07) is 12.5. The van der Waals surface area contributed by atoms with Crippen molar-refractivity contribution in [3.8, 4) is 17.0 Å². The van der Waals surface area contributed by atoms with Gasteiger partial charge in [-0.05, 0) is 24.6 Å². The molecule has 0 aliphatic heterocycles. The molecule has 2 aromatic carbocycles. The van der Waals surface area contributed by atoms with Crippen molar-refractivity contribution in [2.24, 2.45) is 0 Å². The van der Waals surface area contributed by atoms with Gasteiger partial charge in [-0.3, -0.25) is 0 Å². The number of halogens is 1. The summed E-state index contributed by atoms with van der Waals surface area (Å²) in [6.45, 7) is 2.05. The van der Waals surface area contributed by atoms with E-state index in [4.69, 9.17) is 5.73 Å². The third kappa shape index (κ3) is 3.64. The van der Waals surface area contributed by atoms with Gasteiger partial charge in [-0.2, -0.15) is 0 Å². The van der Waals surface area contributed by atoms with Crippen LogP contribution in [0.3, 0.4) is 0 Å². The topological polar surface area (TPSA) is 84.3 Å².